The number of piperidine rings is 1. The molecule has 0 atom stereocenters. The van der Waals surface area contributed by atoms with Crippen molar-refractivity contribution in [1.82, 2.24) is 25.4 Å². The van der Waals surface area contributed by atoms with Crippen molar-refractivity contribution in [2.24, 2.45) is 0 Å². The lowest BCUT2D eigenvalue weighted by molar-refractivity contribution is -0.179. The molecule has 10 nitrogen and oxygen atoms in total. The summed E-state index contributed by atoms with van der Waals surface area (Å²) >= 11 is 0. The van der Waals surface area contributed by atoms with Gasteiger partial charge in [-0.1, -0.05) is 15.5 Å². The molecule has 2 aliphatic heterocycles. The van der Waals surface area contributed by atoms with Crippen LogP contribution in [0.3, 0.4) is 0 Å². The number of carbonyl (C=O) groups excluding carboxylic acids is 1. The van der Waals surface area contributed by atoms with E-state index >= 15 is 0 Å². The second-order valence-corrected chi connectivity index (χ2v) is 8.50. The number of ether oxygens (including phenoxy) is 2. The SMILES string of the molecule is Cc1nonc1CC(=O)N1CCC(c2nc(C3CCC4(CC3)OCCO4)no2)CC1. The van der Waals surface area contributed by atoms with Gasteiger partial charge in [0.15, 0.2) is 11.6 Å². The third kappa shape index (κ3) is 3.85. The number of carbonyl (C=O) groups is 1. The van der Waals surface area contributed by atoms with Crippen LogP contribution in [-0.4, -0.2) is 63.4 Å². The Balaban J connectivity index is 1.13. The van der Waals surface area contributed by atoms with E-state index in [4.69, 9.17) is 19.0 Å². The summed E-state index contributed by atoms with van der Waals surface area (Å²) in [7, 11) is 0. The molecule has 1 aliphatic carbocycles. The molecular formula is C20H27N5O5. The number of hydrogen-bond acceptors (Lipinski definition) is 9. The van der Waals surface area contributed by atoms with Gasteiger partial charge in [0.05, 0.1) is 19.6 Å². The van der Waals surface area contributed by atoms with Crippen molar-refractivity contribution in [1.29, 1.82) is 0 Å². The summed E-state index contributed by atoms with van der Waals surface area (Å²) in [6, 6.07) is 0. The van der Waals surface area contributed by atoms with Crippen LogP contribution in [-0.2, 0) is 20.7 Å². The van der Waals surface area contributed by atoms with Gasteiger partial charge in [-0.3, -0.25) is 4.79 Å². The van der Waals surface area contributed by atoms with E-state index in [2.05, 4.69) is 20.1 Å². The second-order valence-electron chi connectivity index (χ2n) is 8.50. The number of hydrogen-bond donors (Lipinski definition) is 0. The fraction of sp³-hybridized carbons (Fsp3) is 0.750. The van der Waals surface area contributed by atoms with Crippen LogP contribution >= 0.6 is 0 Å². The van der Waals surface area contributed by atoms with Gasteiger partial charge in [0, 0.05) is 37.8 Å². The zero-order valence-corrected chi connectivity index (χ0v) is 17.2. The number of likely N-dealkylation sites (tertiary alicyclic amines) is 1. The standard InChI is InChI=1S/C20H27N5O5/c1-13-16(23-30-22-13)12-17(26)25-8-4-15(5-9-25)19-21-18(24-29-19)14-2-6-20(7-3-14)27-10-11-28-20/h14-15H,2-12H2,1H3. The van der Waals surface area contributed by atoms with E-state index in [1.54, 1.807) is 6.92 Å². The van der Waals surface area contributed by atoms with Gasteiger partial charge in [-0.2, -0.15) is 4.98 Å². The average molecular weight is 417 g/mol. The van der Waals surface area contributed by atoms with Crippen LogP contribution in [0.4, 0.5) is 0 Å². The normalized spacial score (nSPS) is 22.8. The Kier molecular flexibility index (Phi) is 5.28. The highest BCUT2D eigenvalue weighted by molar-refractivity contribution is 5.78. The zero-order chi connectivity index (χ0) is 20.6. The van der Waals surface area contributed by atoms with Crippen LogP contribution in [0.2, 0.25) is 0 Å². The highest BCUT2D eigenvalue weighted by Crippen LogP contribution is 2.42. The van der Waals surface area contributed by atoms with Crippen LogP contribution in [0.1, 0.15) is 73.5 Å². The molecule has 1 saturated carbocycles. The summed E-state index contributed by atoms with van der Waals surface area (Å²) in [6.45, 7) is 4.51. The Morgan fingerprint density at radius 3 is 2.43 bits per heavy atom. The van der Waals surface area contributed by atoms with Gasteiger partial charge < -0.3 is 18.9 Å². The maximum atomic E-state index is 12.5. The van der Waals surface area contributed by atoms with Crippen molar-refractivity contribution in [3.63, 3.8) is 0 Å². The van der Waals surface area contributed by atoms with Crippen LogP contribution in [0, 0.1) is 6.92 Å². The molecule has 0 aromatic carbocycles. The molecule has 1 amide bonds. The fourth-order valence-corrected chi connectivity index (χ4v) is 4.72. The van der Waals surface area contributed by atoms with Crippen molar-refractivity contribution < 1.29 is 23.4 Å². The zero-order valence-electron chi connectivity index (χ0n) is 17.2. The molecule has 3 aliphatic rings. The third-order valence-corrected chi connectivity index (χ3v) is 6.65. The molecule has 10 heteroatoms. The van der Waals surface area contributed by atoms with Crippen molar-refractivity contribution in [3.8, 4) is 0 Å². The second kappa shape index (κ2) is 8.07. The Hall–Kier alpha value is -2.33. The maximum Gasteiger partial charge on any atom is 0.229 e. The van der Waals surface area contributed by atoms with E-state index in [9.17, 15) is 4.79 Å². The van der Waals surface area contributed by atoms with Gasteiger partial charge in [-0.15, -0.1) is 0 Å². The molecule has 0 N–H and O–H groups in total. The predicted molar refractivity (Wildman–Crippen MR) is 101 cm³/mol. The molecule has 2 aromatic rings. The summed E-state index contributed by atoms with van der Waals surface area (Å²) in [5.41, 5.74) is 1.27. The molecule has 0 radical (unpaired) electrons. The first-order valence-corrected chi connectivity index (χ1v) is 10.8. The quantitative estimate of drug-likeness (QED) is 0.737. The molecule has 4 heterocycles. The molecule has 2 aromatic heterocycles. The summed E-state index contributed by atoms with van der Waals surface area (Å²) in [5.74, 6) is 1.66. The molecule has 3 fully saturated rings. The number of amides is 1. The van der Waals surface area contributed by atoms with Gasteiger partial charge in [0.2, 0.25) is 11.8 Å². The third-order valence-electron chi connectivity index (χ3n) is 6.65. The monoisotopic (exact) mass is 417 g/mol. The van der Waals surface area contributed by atoms with Crippen molar-refractivity contribution in [3.05, 3.63) is 23.1 Å². The Morgan fingerprint density at radius 2 is 1.77 bits per heavy atom. The van der Waals surface area contributed by atoms with E-state index in [1.807, 2.05) is 4.90 Å². The first-order chi connectivity index (χ1) is 14.6. The van der Waals surface area contributed by atoms with Crippen molar-refractivity contribution in [2.75, 3.05) is 26.3 Å². The minimum atomic E-state index is -0.372. The summed E-state index contributed by atoms with van der Waals surface area (Å²) in [5, 5.41) is 11.8. The van der Waals surface area contributed by atoms with E-state index in [1.165, 1.54) is 0 Å². The lowest BCUT2D eigenvalue weighted by atomic mass is 9.84. The Morgan fingerprint density at radius 1 is 1.03 bits per heavy atom. The van der Waals surface area contributed by atoms with E-state index in [0.717, 1.165) is 44.3 Å². The molecule has 0 unspecified atom stereocenters. The topological polar surface area (TPSA) is 117 Å². The van der Waals surface area contributed by atoms with Crippen molar-refractivity contribution in [2.45, 2.75) is 69.5 Å². The Bertz CT molecular complexity index is 872. The lowest BCUT2D eigenvalue weighted by Crippen LogP contribution is -2.39. The molecule has 1 spiro atoms. The van der Waals surface area contributed by atoms with Crippen molar-refractivity contribution >= 4 is 5.91 Å². The number of aromatic nitrogens is 4. The lowest BCUT2D eigenvalue weighted by Gasteiger charge is -2.34. The van der Waals surface area contributed by atoms with Gasteiger partial charge in [0.1, 0.15) is 11.4 Å². The van der Waals surface area contributed by atoms with Crippen LogP contribution in [0.5, 0.6) is 0 Å². The number of nitrogens with zero attached hydrogens (tertiary/aromatic N) is 5. The van der Waals surface area contributed by atoms with E-state index < -0.39 is 0 Å². The van der Waals surface area contributed by atoms with Gasteiger partial charge in [-0.05, 0) is 32.6 Å². The van der Waals surface area contributed by atoms with E-state index in [0.29, 0.717) is 49.5 Å². The molecule has 2 saturated heterocycles. The fourth-order valence-electron chi connectivity index (χ4n) is 4.72. The van der Waals surface area contributed by atoms with Crippen LogP contribution < -0.4 is 0 Å². The Labute approximate surface area is 174 Å². The smallest absolute Gasteiger partial charge is 0.229 e. The van der Waals surface area contributed by atoms with Gasteiger partial charge >= 0.3 is 0 Å². The predicted octanol–water partition coefficient (Wildman–Crippen LogP) is 2.11. The first-order valence-electron chi connectivity index (χ1n) is 10.8. The minimum Gasteiger partial charge on any atom is -0.348 e. The molecular weight excluding hydrogens is 390 g/mol. The number of aryl methyl sites for hydroxylation is 1. The molecule has 5 rings (SSSR count). The maximum absolute atomic E-state index is 12.5. The minimum absolute atomic E-state index is 0.0472. The summed E-state index contributed by atoms with van der Waals surface area (Å²) in [6.07, 6.45) is 5.51. The molecule has 0 bridgehead atoms. The summed E-state index contributed by atoms with van der Waals surface area (Å²) in [4.78, 5) is 19.1. The van der Waals surface area contributed by atoms with Gasteiger partial charge in [0.25, 0.3) is 0 Å². The van der Waals surface area contributed by atoms with Crippen LogP contribution in [0.25, 0.3) is 0 Å². The van der Waals surface area contributed by atoms with E-state index in [-0.39, 0.29) is 24.0 Å². The largest absolute Gasteiger partial charge is 0.348 e. The first kappa shape index (κ1) is 19.6. The number of rotatable bonds is 4. The highest BCUT2D eigenvalue weighted by atomic mass is 16.7. The highest BCUT2D eigenvalue weighted by Gasteiger charge is 2.41. The summed E-state index contributed by atoms with van der Waals surface area (Å²) < 4.78 is 21.9. The molecule has 162 valence electrons. The van der Waals surface area contributed by atoms with Crippen LogP contribution in [0.15, 0.2) is 9.15 Å². The average Bonchev–Trinajstić information content (AvgIpc) is 3.52. The van der Waals surface area contributed by atoms with Gasteiger partial charge in [-0.25, -0.2) is 4.63 Å². The molecule has 30 heavy (non-hydrogen) atoms.